The van der Waals surface area contributed by atoms with Gasteiger partial charge in [-0.15, -0.1) is 11.3 Å². The van der Waals surface area contributed by atoms with Crippen molar-refractivity contribution in [3.63, 3.8) is 0 Å². The highest BCUT2D eigenvalue weighted by Crippen LogP contribution is 2.24. The van der Waals surface area contributed by atoms with E-state index in [2.05, 4.69) is 15.3 Å². The number of hydrogen-bond donors (Lipinski definition) is 1. The van der Waals surface area contributed by atoms with Gasteiger partial charge in [0.25, 0.3) is 0 Å². The molecule has 2 heterocycles. The van der Waals surface area contributed by atoms with Crippen molar-refractivity contribution >= 4 is 17.3 Å². The number of hydrogen-bond acceptors (Lipinski definition) is 4. The predicted octanol–water partition coefficient (Wildman–Crippen LogP) is 3.30. The molecule has 2 aromatic rings. The summed E-state index contributed by atoms with van der Waals surface area (Å²) in [5.41, 5.74) is 4.45. The van der Waals surface area contributed by atoms with Crippen molar-refractivity contribution in [2.45, 2.75) is 25.8 Å². The van der Waals surface area contributed by atoms with E-state index in [1.165, 1.54) is 0 Å². The van der Waals surface area contributed by atoms with Gasteiger partial charge in [-0.2, -0.15) is 0 Å². The monoisotopic (exact) mass is 316 g/mol. The van der Waals surface area contributed by atoms with Gasteiger partial charge in [-0.3, -0.25) is 4.90 Å². The molecular formula is C17H20N2O2S. The van der Waals surface area contributed by atoms with Crippen molar-refractivity contribution in [3.8, 4) is 0 Å². The number of aromatic nitrogens is 1. The Kier molecular flexibility index (Phi) is 4.85. The molecule has 0 atom stereocenters. The maximum absolute atomic E-state index is 11.3. The molecule has 1 N–H and O–H groups in total. The van der Waals surface area contributed by atoms with Gasteiger partial charge in [0.2, 0.25) is 0 Å². The molecule has 0 aliphatic carbocycles. The summed E-state index contributed by atoms with van der Waals surface area (Å²) in [6, 6.07) is 7.38. The van der Waals surface area contributed by atoms with Crippen LogP contribution in [0, 0.1) is 5.92 Å². The Hall–Kier alpha value is -1.72. The first kappa shape index (κ1) is 15.2. The van der Waals surface area contributed by atoms with E-state index in [0.717, 1.165) is 50.2 Å². The molecule has 0 saturated carbocycles. The van der Waals surface area contributed by atoms with Crippen molar-refractivity contribution < 1.29 is 9.90 Å². The van der Waals surface area contributed by atoms with Crippen LogP contribution in [0.2, 0.25) is 0 Å². The number of carboxylic acid groups (broad SMARTS) is 1. The van der Waals surface area contributed by atoms with Crippen LogP contribution in [0.5, 0.6) is 0 Å². The third kappa shape index (κ3) is 3.72. The van der Waals surface area contributed by atoms with E-state index in [9.17, 15) is 9.90 Å². The minimum atomic E-state index is -0.823. The third-order valence-corrected chi connectivity index (χ3v) is 4.97. The minimum absolute atomic E-state index is 0.451. The summed E-state index contributed by atoms with van der Waals surface area (Å²) in [5, 5.41) is 11.4. The molecule has 1 aromatic heterocycles. The smallest absolute Gasteiger partial charge is 0.335 e. The number of piperidine rings is 1. The lowest BCUT2D eigenvalue weighted by Crippen LogP contribution is -2.34. The number of rotatable bonds is 5. The van der Waals surface area contributed by atoms with E-state index in [1.54, 1.807) is 23.5 Å². The highest BCUT2D eigenvalue weighted by Gasteiger charge is 2.21. The Balaban J connectivity index is 1.55. The number of carbonyl (C=O) groups is 1. The summed E-state index contributed by atoms with van der Waals surface area (Å²) in [5.74, 6) is -0.247. The highest BCUT2D eigenvalue weighted by atomic mass is 32.1. The Labute approximate surface area is 134 Å². The van der Waals surface area contributed by atoms with Crippen LogP contribution >= 0.6 is 11.3 Å². The average Bonchev–Trinajstić information content (AvgIpc) is 3.02. The molecule has 3 rings (SSSR count). The zero-order valence-electron chi connectivity index (χ0n) is 12.4. The van der Waals surface area contributed by atoms with E-state index in [1.807, 2.05) is 17.6 Å². The van der Waals surface area contributed by atoms with Crippen LogP contribution in [0.1, 0.15) is 34.5 Å². The second kappa shape index (κ2) is 7.03. The summed E-state index contributed by atoms with van der Waals surface area (Å²) in [4.78, 5) is 18.1. The van der Waals surface area contributed by atoms with E-state index < -0.39 is 5.97 Å². The molecule has 22 heavy (non-hydrogen) atoms. The van der Waals surface area contributed by atoms with Crippen LogP contribution in [-0.2, 0) is 13.0 Å². The lowest BCUT2D eigenvalue weighted by Gasteiger charge is -2.31. The fourth-order valence-electron chi connectivity index (χ4n) is 3.11. The lowest BCUT2D eigenvalue weighted by atomic mass is 9.88. The van der Waals surface area contributed by atoms with Gasteiger partial charge in [-0.25, -0.2) is 9.78 Å². The minimum Gasteiger partial charge on any atom is -0.478 e. The van der Waals surface area contributed by atoms with Crippen LogP contribution in [-0.4, -0.2) is 34.0 Å². The first-order valence-electron chi connectivity index (χ1n) is 7.63. The molecule has 0 bridgehead atoms. The van der Waals surface area contributed by atoms with Crippen molar-refractivity contribution in [1.82, 2.24) is 9.88 Å². The van der Waals surface area contributed by atoms with Gasteiger partial charge < -0.3 is 5.11 Å². The SMILES string of the molecule is O=C(O)c1ccccc1CC1CCN(Cc2cscn2)CC1. The van der Waals surface area contributed by atoms with Crippen molar-refractivity contribution in [2.24, 2.45) is 5.92 Å². The normalized spacial score (nSPS) is 16.7. The van der Waals surface area contributed by atoms with Crippen LogP contribution < -0.4 is 0 Å². The number of likely N-dealkylation sites (tertiary alicyclic amines) is 1. The molecule has 1 saturated heterocycles. The molecule has 0 radical (unpaired) electrons. The molecule has 1 aliphatic heterocycles. The van der Waals surface area contributed by atoms with Crippen LogP contribution in [0.25, 0.3) is 0 Å². The predicted molar refractivity (Wildman–Crippen MR) is 87.2 cm³/mol. The summed E-state index contributed by atoms with van der Waals surface area (Å²) >= 11 is 1.64. The quantitative estimate of drug-likeness (QED) is 0.919. The van der Waals surface area contributed by atoms with E-state index in [-0.39, 0.29) is 0 Å². The topological polar surface area (TPSA) is 53.4 Å². The highest BCUT2D eigenvalue weighted by molar-refractivity contribution is 7.07. The fourth-order valence-corrected chi connectivity index (χ4v) is 3.66. The van der Waals surface area contributed by atoms with Gasteiger partial charge in [0.15, 0.2) is 0 Å². The van der Waals surface area contributed by atoms with E-state index >= 15 is 0 Å². The van der Waals surface area contributed by atoms with Gasteiger partial charge in [0.1, 0.15) is 0 Å². The van der Waals surface area contributed by atoms with Gasteiger partial charge in [-0.05, 0) is 49.9 Å². The molecule has 0 spiro atoms. The Morgan fingerprint density at radius 1 is 1.32 bits per heavy atom. The maximum atomic E-state index is 11.3. The molecule has 1 fully saturated rings. The molecule has 5 heteroatoms. The molecule has 0 unspecified atom stereocenters. The van der Waals surface area contributed by atoms with Gasteiger partial charge in [-0.1, -0.05) is 18.2 Å². The summed E-state index contributed by atoms with van der Waals surface area (Å²) in [7, 11) is 0. The molecule has 0 amide bonds. The van der Waals surface area contributed by atoms with Crippen LogP contribution in [0.15, 0.2) is 35.2 Å². The van der Waals surface area contributed by atoms with Crippen molar-refractivity contribution in [3.05, 3.63) is 52.0 Å². The summed E-state index contributed by atoms with van der Waals surface area (Å²) in [6.45, 7) is 3.07. The second-order valence-corrected chi connectivity index (χ2v) is 6.58. The van der Waals surface area contributed by atoms with Gasteiger partial charge >= 0.3 is 5.97 Å². The number of benzene rings is 1. The molecule has 4 nitrogen and oxygen atoms in total. The largest absolute Gasteiger partial charge is 0.478 e. The Morgan fingerprint density at radius 3 is 2.77 bits per heavy atom. The standard InChI is InChI=1S/C17H20N2O2S/c20-17(21)16-4-2-1-3-14(16)9-13-5-7-19(8-6-13)10-15-11-22-12-18-15/h1-4,11-13H,5-10H2,(H,20,21). The van der Waals surface area contributed by atoms with Crippen molar-refractivity contribution in [1.29, 1.82) is 0 Å². The number of nitrogens with zero attached hydrogens (tertiary/aromatic N) is 2. The maximum Gasteiger partial charge on any atom is 0.335 e. The number of thiazole rings is 1. The zero-order valence-corrected chi connectivity index (χ0v) is 13.3. The van der Waals surface area contributed by atoms with E-state index in [4.69, 9.17) is 0 Å². The average molecular weight is 316 g/mol. The molecule has 1 aliphatic rings. The summed E-state index contributed by atoms with van der Waals surface area (Å²) in [6.07, 6.45) is 3.11. The van der Waals surface area contributed by atoms with Gasteiger partial charge in [0.05, 0.1) is 16.8 Å². The number of carboxylic acids is 1. The zero-order chi connectivity index (χ0) is 15.4. The third-order valence-electron chi connectivity index (χ3n) is 4.33. The fraction of sp³-hybridized carbons (Fsp3) is 0.412. The first-order valence-corrected chi connectivity index (χ1v) is 8.57. The lowest BCUT2D eigenvalue weighted by molar-refractivity contribution is 0.0695. The first-order chi connectivity index (χ1) is 10.7. The van der Waals surface area contributed by atoms with E-state index in [0.29, 0.717) is 11.5 Å². The second-order valence-electron chi connectivity index (χ2n) is 5.87. The Morgan fingerprint density at radius 2 is 2.09 bits per heavy atom. The molecular weight excluding hydrogens is 296 g/mol. The van der Waals surface area contributed by atoms with Crippen molar-refractivity contribution in [2.75, 3.05) is 13.1 Å². The summed E-state index contributed by atoms with van der Waals surface area (Å²) < 4.78 is 0. The van der Waals surface area contributed by atoms with Crippen LogP contribution in [0.3, 0.4) is 0 Å². The number of aromatic carboxylic acids is 1. The molecule has 1 aromatic carbocycles. The van der Waals surface area contributed by atoms with Crippen LogP contribution in [0.4, 0.5) is 0 Å². The Bertz CT molecular complexity index is 619. The molecule has 116 valence electrons. The van der Waals surface area contributed by atoms with Gasteiger partial charge in [0, 0.05) is 11.9 Å².